The zero-order chi connectivity index (χ0) is 26.5. The number of carbonyl (C=O) groups excluding carboxylic acids is 3. The van der Waals surface area contributed by atoms with E-state index in [0.717, 1.165) is 32.4 Å². The van der Waals surface area contributed by atoms with Gasteiger partial charge in [-0.1, -0.05) is 42.5 Å². The summed E-state index contributed by atoms with van der Waals surface area (Å²) in [6.07, 6.45) is 3.82. The van der Waals surface area contributed by atoms with Crippen molar-refractivity contribution in [1.29, 1.82) is 0 Å². The molecule has 3 aromatic rings. The van der Waals surface area contributed by atoms with Crippen molar-refractivity contribution in [3.63, 3.8) is 0 Å². The van der Waals surface area contributed by atoms with Crippen LogP contribution in [0.4, 0.5) is 5.69 Å². The van der Waals surface area contributed by atoms with Crippen LogP contribution in [0.5, 0.6) is 11.5 Å². The van der Waals surface area contributed by atoms with E-state index in [1.807, 2.05) is 18.2 Å². The first-order chi connectivity index (χ1) is 18.0. The molecular weight excluding hydrogens is 474 g/mol. The van der Waals surface area contributed by atoms with Crippen molar-refractivity contribution in [2.45, 2.75) is 19.3 Å². The van der Waals surface area contributed by atoms with Crippen molar-refractivity contribution in [3.05, 3.63) is 102 Å². The lowest BCUT2D eigenvalue weighted by molar-refractivity contribution is -0.140. The van der Waals surface area contributed by atoms with Crippen molar-refractivity contribution < 1.29 is 33.3 Å². The molecule has 0 saturated heterocycles. The fraction of sp³-hybridized carbons (Fsp3) is 0.207. The number of ether oxygens (including phenoxy) is 4. The van der Waals surface area contributed by atoms with E-state index in [1.54, 1.807) is 48.5 Å². The lowest BCUT2D eigenvalue weighted by Crippen LogP contribution is -2.16. The first-order valence-corrected chi connectivity index (χ1v) is 11.7. The molecule has 3 rings (SSSR count). The summed E-state index contributed by atoms with van der Waals surface area (Å²) in [7, 11) is 2.33. The molecule has 8 heteroatoms. The molecule has 0 bridgehead atoms. The van der Waals surface area contributed by atoms with Gasteiger partial charge in [0.25, 0.3) is 5.91 Å². The Balaban J connectivity index is 1.56. The molecule has 37 heavy (non-hydrogen) atoms. The van der Waals surface area contributed by atoms with Crippen LogP contribution in [-0.2, 0) is 25.5 Å². The first-order valence-electron chi connectivity index (χ1n) is 11.7. The van der Waals surface area contributed by atoms with Crippen LogP contribution in [0.15, 0.2) is 90.7 Å². The number of anilines is 1. The average molecular weight is 504 g/mol. The molecule has 0 unspecified atom stereocenters. The number of hydrogen-bond acceptors (Lipinski definition) is 7. The lowest BCUT2D eigenvalue weighted by atomic mass is 10.1. The number of aryl methyl sites for hydroxylation is 1. The number of carbonyl (C=O) groups is 3. The quantitative estimate of drug-likeness (QED) is 0.162. The van der Waals surface area contributed by atoms with Crippen molar-refractivity contribution in [2.24, 2.45) is 0 Å². The van der Waals surface area contributed by atoms with E-state index in [4.69, 9.17) is 9.47 Å². The third-order valence-electron chi connectivity index (χ3n) is 5.28. The third kappa shape index (κ3) is 8.54. The highest BCUT2D eigenvalue weighted by Gasteiger charge is 2.18. The van der Waals surface area contributed by atoms with Crippen LogP contribution in [0, 0.1) is 0 Å². The standard InChI is InChI=1S/C29H29NO7/c1-34-27(31)20-26(29(33)35-2)37-25-14-7-6-13-24(25)30-28(32)22-15-17-23(18-16-22)36-19-9-8-12-21-10-4-3-5-11-21/h3-7,10-11,13-18,20H,8-9,12,19H2,1-2H3,(H,30,32)/b26-20-. The molecule has 0 spiro atoms. The number of nitrogens with one attached hydrogen (secondary N) is 1. The second kappa shape index (κ2) is 14.1. The Labute approximate surface area is 215 Å². The summed E-state index contributed by atoms with van der Waals surface area (Å²) in [4.78, 5) is 36.4. The molecule has 0 fully saturated rings. The van der Waals surface area contributed by atoms with Gasteiger partial charge in [-0.25, -0.2) is 9.59 Å². The third-order valence-corrected chi connectivity index (χ3v) is 5.28. The molecule has 0 aliphatic carbocycles. The Hall–Kier alpha value is -4.59. The Morgan fingerprint density at radius 3 is 2.22 bits per heavy atom. The second-order valence-electron chi connectivity index (χ2n) is 7.89. The summed E-state index contributed by atoms with van der Waals surface area (Å²) in [5, 5.41) is 2.75. The van der Waals surface area contributed by atoms with Crippen LogP contribution < -0.4 is 14.8 Å². The summed E-state index contributed by atoms with van der Waals surface area (Å²) in [6, 6.07) is 23.6. The highest BCUT2D eigenvalue weighted by atomic mass is 16.6. The predicted molar refractivity (Wildman–Crippen MR) is 138 cm³/mol. The van der Waals surface area contributed by atoms with Crippen molar-refractivity contribution in [1.82, 2.24) is 0 Å². The zero-order valence-electron chi connectivity index (χ0n) is 20.8. The Bertz CT molecular complexity index is 1220. The minimum atomic E-state index is -0.873. The van der Waals surface area contributed by atoms with E-state index in [2.05, 4.69) is 26.9 Å². The highest BCUT2D eigenvalue weighted by Crippen LogP contribution is 2.27. The van der Waals surface area contributed by atoms with Crippen LogP contribution >= 0.6 is 0 Å². The monoisotopic (exact) mass is 503 g/mol. The summed E-state index contributed by atoms with van der Waals surface area (Å²) >= 11 is 0. The van der Waals surface area contributed by atoms with Gasteiger partial charge in [-0.2, -0.15) is 0 Å². The molecule has 0 radical (unpaired) electrons. The second-order valence-corrected chi connectivity index (χ2v) is 7.89. The molecule has 0 heterocycles. The molecule has 0 saturated carbocycles. The first kappa shape index (κ1) is 27.0. The molecule has 192 valence electrons. The number of amides is 1. The molecule has 0 aromatic heterocycles. The summed E-state index contributed by atoms with van der Waals surface area (Å²) in [5.74, 6) is -1.62. The van der Waals surface area contributed by atoms with Gasteiger partial charge in [-0.3, -0.25) is 4.79 Å². The van der Waals surface area contributed by atoms with Gasteiger partial charge in [0, 0.05) is 5.56 Å². The summed E-state index contributed by atoms with van der Waals surface area (Å²) in [5.41, 5.74) is 2.02. The molecule has 0 aliphatic rings. The molecule has 8 nitrogen and oxygen atoms in total. The van der Waals surface area contributed by atoms with E-state index in [0.29, 0.717) is 23.6 Å². The van der Waals surface area contributed by atoms with Crippen molar-refractivity contribution >= 4 is 23.5 Å². The van der Waals surface area contributed by atoms with Gasteiger partial charge in [0.05, 0.1) is 32.6 Å². The number of para-hydroxylation sites is 2. The molecule has 1 N–H and O–H groups in total. The van der Waals surface area contributed by atoms with Crippen LogP contribution in [0.2, 0.25) is 0 Å². The van der Waals surface area contributed by atoms with Gasteiger partial charge in [0.15, 0.2) is 5.75 Å². The average Bonchev–Trinajstić information content (AvgIpc) is 2.93. The number of methoxy groups -OCH3 is 2. The summed E-state index contributed by atoms with van der Waals surface area (Å²) in [6.45, 7) is 0.588. The van der Waals surface area contributed by atoms with E-state index in [9.17, 15) is 14.4 Å². The number of benzene rings is 3. The number of unbranched alkanes of at least 4 members (excludes halogenated alkanes) is 1. The fourth-order valence-electron chi connectivity index (χ4n) is 3.34. The van der Waals surface area contributed by atoms with E-state index in [1.165, 1.54) is 12.7 Å². The van der Waals surface area contributed by atoms with Crippen LogP contribution in [0.1, 0.15) is 28.8 Å². The number of rotatable bonds is 12. The van der Waals surface area contributed by atoms with Gasteiger partial charge >= 0.3 is 11.9 Å². The fourth-order valence-corrected chi connectivity index (χ4v) is 3.34. The zero-order valence-corrected chi connectivity index (χ0v) is 20.8. The van der Waals surface area contributed by atoms with Gasteiger partial charge in [0.2, 0.25) is 5.76 Å². The maximum atomic E-state index is 12.8. The van der Waals surface area contributed by atoms with Gasteiger partial charge in [-0.05, 0) is 61.2 Å². The minimum absolute atomic E-state index is 0.145. The topological polar surface area (TPSA) is 100 Å². The Morgan fingerprint density at radius 2 is 1.51 bits per heavy atom. The van der Waals surface area contributed by atoms with Crippen LogP contribution in [0.25, 0.3) is 0 Å². The number of esters is 2. The van der Waals surface area contributed by atoms with Crippen LogP contribution in [-0.4, -0.2) is 38.7 Å². The highest BCUT2D eigenvalue weighted by molar-refractivity contribution is 6.05. The van der Waals surface area contributed by atoms with Gasteiger partial charge in [-0.15, -0.1) is 0 Å². The SMILES string of the molecule is COC(=O)/C=C(\Oc1ccccc1NC(=O)c1ccc(OCCCCc2ccccc2)cc1)C(=O)OC. The predicted octanol–water partition coefficient (Wildman–Crippen LogP) is 4.95. The number of hydrogen-bond donors (Lipinski definition) is 1. The molecular formula is C29H29NO7. The van der Waals surface area contributed by atoms with E-state index >= 15 is 0 Å². The van der Waals surface area contributed by atoms with Crippen molar-refractivity contribution in [3.8, 4) is 11.5 Å². The Morgan fingerprint density at radius 1 is 0.811 bits per heavy atom. The summed E-state index contributed by atoms with van der Waals surface area (Å²) < 4.78 is 20.6. The van der Waals surface area contributed by atoms with E-state index < -0.39 is 11.9 Å². The van der Waals surface area contributed by atoms with Crippen molar-refractivity contribution in [2.75, 3.05) is 26.1 Å². The molecule has 0 atom stereocenters. The lowest BCUT2D eigenvalue weighted by Gasteiger charge is -2.13. The van der Waals surface area contributed by atoms with Gasteiger partial charge < -0.3 is 24.3 Å². The maximum Gasteiger partial charge on any atom is 0.374 e. The maximum absolute atomic E-state index is 12.8. The minimum Gasteiger partial charge on any atom is -0.494 e. The molecule has 1 amide bonds. The largest absolute Gasteiger partial charge is 0.494 e. The van der Waals surface area contributed by atoms with E-state index in [-0.39, 0.29) is 17.4 Å². The van der Waals surface area contributed by atoms with Crippen LogP contribution in [0.3, 0.4) is 0 Å². The Kier molecular flexibility index (Phi) is 10.3. The molecule has 0 aliphatic heterocycles. The smallest absolute Gasteiger partial charge is 0.374 e. The molecule has 3 aromatic carbocycles. The van der Waals surface area contributed by atoms with Gasteiger partial charge in [0.1, 0.15) is 5.75 Å². The normalized spacial score (nSPS) is 10.8.